The summed E-state index contributed by atoms with van der Waals surface area (Å²) in [5.41, 5.74) is 0.00204. The van der Waals surface area contributed by atoms with E-state index in [1.807, 2.05) is 0 Å². The number of benzene rings is 1. The summed E-state index contributed by atoms with van der Waals surface area (Å²) >= 11 is 0. The van der Waals surface area contributed by atoms with Crippen LogP contribution in [-0.4, -0.2) is 45.9 Å². The van der Waals surface area contributed by atoms with E-state index in [1.165, 1.54) is 6.07 Å². The molecule has 0 aromatic heterocycles. The van der Waals surface area contributed by atoms with E-state index in [-0.39, 0.29) is 30.1 Å². The monoisotopic (exact) mass is 324 g/mol. The van der Waals surface area contributed by atoms with E-state index in [1.54, 1.807) is 25.3 Å². The molecule has 6 heteroatoms. The molecule has 1 saturated heterocycles. The van der Waals surface area contributed by atoms with Gasteiger partial charge in [0.1, 0.15) is 0 Å². The van der Waals surface area contributed by atoms with Gasteiger partial charge in [-0.3, -0.25) is 4.79 Å². The van der Waals surface area contributed by atoms with Crippen LogP contribution in [-0.2, 0) is 9.53 Å². The largest absolute Gasteiger partial charge is 0.490 e. The Morgan fingerprint density at radius 2 is 2.09 bits per heavy atom. The lowest BCUT2D eigenvalue weighted by Crippen LogP contribution is -2.47. The summed E-state index contributed by atoms with van der Waals surface area (Å²) in [6.45, 7) is 3.28. The Balaban J connectivity index is 1.72. The molecule has 2 rings (SSSR count). The van der Waals surface area contributed by atoms with Crippen LogP contribution in [0.2, 0.25) is 0 Å². The van der Waals surface area contributed by atoms with Crippen molar-refractivity contribution in [2.75, 3.05) is 40.0 Å². The second kappa shape index (κ2) is 8.84. The number of halogens is 1. The molecule has 0 unspecified atom stereocenters. The van der Waals surface area contributed by atoms with Crippen molar-refractivity contribution < 1.29 is 18.7 Å². The summed E-state index contributed by atoms with van der Waals surface area (Å²) in [7, 11) is 1.69. The standard InChI is InChI=1S/C17H25FN2O3/c1-22-13-17(7-9-19-10-8-17)12-20-16(21)6-11-23-15-5-3-2-4-14(15)18/h2-5,19H,6-13H2,1H3,(H,20,21). The lowest BCUT2D eigenvalue weighted by molar-refractivity contribution is -0.122. The molecular formula is C17H25FN2O3. The van der Waals surface area contributed by atoms with Crippen molar-refractivity contribution in [2.45, 2.75) is 19.3 Å². The first kappa shape index (κ1) is 17.7. The number of piperidine rings is 1. The SMILES string of the molecule is COCC1(CNC(=O)CCOc2ccccc2F)CCNCC1. The maximum Gasteiger partial charge on any atom is 0.223 e. The molecule has 1 fully saturated rings. The number of methoxy groups -OCH3 is 1. The second-order valence-corrected chi connectivity index (χ2v) is 5.99. The molecule has 0 spiro atoms. The molecular weight excluding hydrogens is 299 g/mol. The Bertz CT molecular complexity index is 499. The maximum atomic E-state index is 13.4. The Hall–Kier alpha value is -1.66. The number of para-hydroxylation sites is 1. The molecule has 1 aliphatic heterocycles. The molecule has 0 atom stereocenters. The molecule has 2 N–H and O–H groups in total. The topological polar surface area (TPSA) is 59.6 Å². The van der Waals surface area contributed by atoms with Crippen molar-refractivity contribution in [1.29, 1.82) is 0 Å². The third-order valence-electron chi connectivity index (χ3n) is 4.20. The molecule has 1 amide bonds. The highest BCUT2D eigenvalue weighted by Gasteiger charge is 2.32. The van der Waals surface area contributed by atoms with Crippen molar-refractivity contribution in [2.24, 2.45) is 5.41 Å². The average molecular weight is 324 g/mol. The van der Waals surface area contributed by atoms with E-state index in [0.717, 1.165) is 25.9 Å². The number of amides is 1. The minimum Gasteiger partial charge on any atom is -0.490 e. The van der Waals surface area contributed by atoms with E-state index in [2.05, 4.69) is 10.6 Å². The van der Waals surface area contributed by atoms with Gasteiger partial charge in [-0.25, -0.2) is 4.39 Å². The molecule has 0 radical (unpaired) electrons. The summed E-state index contributed by atoms with van der Waals surface area (Å²) in [4.78, 5) is 12.0. The quantitative estimate of drug-likeness (QED) is 0.764. The Morgan fingerprint density at radius 1 is 1.35 bits per heavy atom. The minimum atomic E-state index is -0.415. The van der Waals surface area contributed by atoms with Gasteiger partial charge in [-0.15, -0.1) is 0 Å². The number of hydrogen-bond donors (Lipinski definition) is 2. The highest BCUT2D eigenvalue weighted by atomic mass is 19.1. The molecule has 0 saturated carbocycles. The number of ether oxygens (including phenoxy) is 2. The van der Waals surface area contributed by atoms with Crippen LogP contribution >= 0.6 is 0 Å². The van der Waals surface area contributed by atoms with Gasteiger partial charge in [-0.1, -0.05) is 12.1 Å². The molecule has 5 nitrogen and oxygen atoms in total. The molecule has 0 bridgehead atoms. The minimum absolute atomic E-state index is 0.00204. The van der Waals surface area contributed by atoms with Gasteiger partial charge in [0.2, 0.25) is 5.91 Å². The van der Waals surface area contributed by atoms with Gasteiger partial charge in [-0.2, -0.15) is 0 Å². The smallest absolute Gasteiger partial charge is 0.223 e. The van der Waals surface area contributed by atoms with Gasteiger partial charge in [0, 0.05) is 19.1 Å². The van der Waals surface area contributed by atoms with Crippen LogP contribution in [0.4, 0.5) is 4.39 Å². The molecule has 1 heterocycles. The molecule has 23 heavy (non-hydrogen) atoms. The van der Waals surface area contributed by atoms with Crippen LogP contribution in [0.25, 0.3) is 0 Å². The number of carbonyl (C=O) groups excluding carboxylic acids is 1. The van der Waals surface area contributed by atoms with Crippen LogP contribution in [0.15, 0.2) is 24.3 Å². The van der Waals surface area contributed by atoms with Crippen LogP contribution in [0.1, 0.15) is 19.3 Å². The third kappa shape index (κ3) is 5.48. The predicted octanol–water partition coefficient (Wildman–Crippen LogP) is 1.73. The Labute approximate surface area is 136 Å². The Kier molecular flexibility index (Phi) is 6.80. The average Bonchev–Trinajstić information content (AvgIpc) is 2.56. The van der Waals surface area contributed by atoms with Gasteiger partial charge in [-0.05, 0) is 38.1 Å². The first-order valence-electron chi connectivity index (χ1n) is 7.99. The fraction of sp³-hybridized carbons (Fsp3) is 0.588. The molecule has 128 valence electrons. The zero-order valence-corrected chi connectivity index (χ0v) is 13.6. The lowest BCUT2D eigenvalue weighted by Gasteiger charge is -2.37. The zero-order chi connectivity index (χ0) is 16.5. The number of rotatable bonds is 8. The highest BCUT2D eigenvalue weighted by molar-refractivity contribution is 5.76. The number of nitrogens with one attached hydrogen (secondary N) is 2. The van der Waals surface area contributed by atoms with E-state index < -0.39 is 5.82 Å². The van der Waals surface area contributed by atoms with Crippen LogP contribution in [0, 0.1) is 11.2 Å². The maximum absolute atomic E-state index is 13.4. The van der Waals surface area contributed by atoms with Gasteiger partial charge in [0.25, 0.3) is 0 Å². The summed E-state index contributed by atoms with van der Waals surface area (Å²) in [5.74, 6) is -0.327. The third-order valence-corrected chi connectivity index (χ3v) is 4.20. The van der Waals surface area contributed by atoms with Gasteiger partial charge < -0.3 is 20.1 Å². The van der Waals surface area contributed by atoms with Crippen molar-refractivity contribution in [1.82, 2.24) is 10.6 Å². The van der Waals surface area contributed by atoms with Crippen molar-refractivity contribution in [3.8, 4) is 5.75 Å². The van der Waals surface area contributed by atoms with Gasteiger partial charge in [0.15, 0.2) is 11.6 Å². The fourth-order valence-electron chi connectivity index (χ4n) is 2.83. The zero-order valence-electron chi connectivity index (χ0n) is 13.6. The highest BCUT2D eigenvalue weighted by Crippen LogP contribution is 2.28. The second-order valence-electron chi connectivity index (χ2n) is 5.99. The van der Waals surface area contributed by atoms with Crippen LogP contribution in [0.5, 0.6) is 5.75 Å². The summed E-state index contributed by atoms with van der Waals surface area (Å²) in [5, 5.41) is 6.28. The first-order chi connectivity index (χ1) is 11.2. The molecule has 1 aromatic carbocycles. The molecule has 1 aromatic rings. The van der Waals surface area contributed by atoms with Crippen molar-refractivity contribution in [3.05, 3.63) is 30.1 Å². The summed E-state index contributed by atoms with van der Waals surface area (Å²) < 4.78 is 24.0. The van der Waals surface area contributed by atoms with Crippen molar-refractivity contribution in [3.63, 3.8) is 0 Å². The fourth-order valence-corrected chi connectivity index (χ4v) is 2.83. The summed E-state index contributed by atoms with van der Waals surface area (Å²) in [6.07, 6.45) is 2.16. The lowest BCUT2D eigenvalue weighted by atomic mass is 9.79. The van der Waals surface area contributed by atoms with E-state index in [9.17, 15) is 9.18 Å². The van der Waals surface area contributed by atoms with Gasteiger partial charge >= 0.3 is 0 Å². The molecule has 1 aliphatic rings. The van der Waals surface area contributed by atoms with E-state index in [0.29, 0.717) is 13.2 Å². The van der Waals surface area contributed by atoms with Gasteiger partial charge in [0.05, 0.1) is 19.6 Å². The first-order valence-corrected chi connectivity index (χ1v) is 7.99. The van der Waals surface area contributed by atoms with Crippen LogP contribution < -0.4 is 15.4 Å². The molecule has 0 aliphatic carbocycles. The summed E-state index contributed by atoms with van der Waals surface area (Å²) in [6, 6.07) is 6.18. The Morgan fingerprint density at radius 3 is 2.78 bits per heavy atom. The van der Waals surface area contributed by atoms with Crippen molar-refractivity contribution >= 4 is 5.91 Å². The normalized spacial score (nSPS) is 16.8. The number of carbonyl (C=O) groups is 1. The van der Waals surface area contributed by atoms with E-state index >= 15 is 0 Å². The van der Waals surface area contributed by atoms with E-state index in [4.69, 9.17) is 9.47 Å². The van der Waals surface area contributed by atoms with Crippen LogP contribution in [0.3, 0.4) is 0 Å². The number of hydrogen-bond acceptors (Lipinski definition) is 4. The predicted molar refractivity (Wildman–Crippen MR) is 85.9 cm³/mol.